The number of rotatable bonds is 7. The van der Waals surface area contributed by atoms with Gasteiger partial charge in [-0.15, -0.1) is 0 Å². The van der Waals surface area contributed by atoms with E-state index < -0.39 is 30.3 Å². The maximum absolute atomic E-state index is 12.8. The predicted molar refractivity (Wildman–Crippen MR) is 89.6 cm³/mol. The van der Waals surface area contributed by atoms with Crippen molar-refractivity contribution in [1.82, 2.24) is 10.9 Å². The minimum absolute atomic E-state index is 0.0192. The number of hydrogen-bond acceptors (Lipinski definition) is 4. The van der Waals surface area contributed by atoms with E-state index in [1.165, 1.54) is 55.5 Å². The lowest BCUT2D eigenvalue weighted by molar-refractivity contribution is -0.132. The summed E-state index contributed by atoms with van der Waals surface area (Å²) in [6, 6.07) is 10.7. The SMILES string of the molecule is CC(Oc1ccc(F)cc1)C(=O)NNC(=O)Cc1ccc(OC(F)F)cc1. The van der Waals surface area contributed by atoms with E-state index in [-0.39, 0.29) is 12.2 Å². The zero-order valence-electron chi connectivity index (χ0n) is 14.2. The second kappa shape index (κ2) is 9.46. The number of ether oxygens (including phenoxy) is 2. The van der Waals surface area contributed by atoms with Crippen LogP contribution in [0, 0.1) is 5.82 Å². The second-order valence-corrected chi connectivity index (χ2v) is 5.45. The van der Waals surface area contributed by atoms with Crippen LogP contribution < -0.4 is 20.3 Å². The smallest absolute Gasteiger partial charge is 0.387 e. The Balaban J connectivity index is 1.76. The average molecular weight is 382 g/mol. The molecule has 0 spiro atoms. The predicted octanol–water partition coefficient (Wildman–Crippen LogP) is 2.58. The number of hydrogen-bond donors (Lipinski definition) is 2. The molecule has 2 aromatic carbocycles. The van der Waals surface area contributed by atoms with Crippen LogP contribution >= 0.6 is 0 Å². The fraction of sp³-hybridized carbons (Fsp3) is 0.222. The van der Waals surface area contributed by atoms with Gasteiger partial charge < -0.3 is 9.47 Å². The fourth-order valence-corrected chi connectivity index (χ4v) is 2.02. The lowest BCUT2D eigenvalue weighted by Crippen LogP contribution is -2.47. The molecule has 0 saturated carbocycles. The van der Waals surface area contributed by atoms with Gasteiger partial charge in [0.25, 0.3) is 5.91 Å². The largest absolute Gasteiger partial charge is 0.481 e. The van der Waals surface area contributed by atoms with Gasteiger partial charge in [0.1, 0.15) is 17.3 Å². The number of carbonyl (C=O) groups is 2. The second-order valence-electron chi connectivity index (χ2n) is 5.45. The number of alkyl halides is 2. The third-order valence-corrected chi connectivity index (χ3v) is 3.33. The van der Waals surface area contributed by atoms with Crippen molar-refractivity contribution in [3.63, 3.8) is 0 Å². The number of hydrazine groups is 1. The Bertz CT molecular complexity index is 767. The van der Waals surface area contributed by atoms with Crippen molar-refractivity contribution in [2.24, 2.45) is 0 Å². The summed E-state index contributed by atoms with van der Waals surface area (Å²) in [5.74, 6) is -1.26. The van der Waals surface area contributed by atoms with E-state index in [9.17, 15) is 22.8 Å². The Morgan fingerprint density at radius 2 is 1.48 bits per heavy atom. The van der Waals surface area contributed by atoms with Crippen molar-refractivity contribution in [3.8, 4) is 11.5 Å². The van der Waals surface area contributed by atoms with Gasteiger partial charge in [-0.2, -0.15) is 8.78 Å². The maximum atomic E-state index is 12.8. The molecule has 27 heavy (non-hydrogen) atoms. The Morgan fingerprint density at radius 1 is 0.926 bits per heavy atom. The van der Waals surface area contributed by atoms with E-state index in [2.05, 4.69) is 15.6 Å². The molecule has 0 aliphatic carbocycles. The molecule has 0 aliphatic rings. The molecule has 0 saturated heterocycles. The van der Waals surface area contributed by atoms with Crippen LogP contribution in [0.15, 0.2) is 48.5 Å². The van der Waals surface area contributed by atoms with Gasteiger partial charge in [0.05, 0.1) is 6.42 Å². The summed E-state index contributed by atoms with van der Waals surface area (Å²) in [4.78, 5) is 23.7. The Hall–Kier alpha value is -3.23. The van der Waals surface area contributed by atoms with Crippen LogP contribution in [0.2, 0.25) is 0 Å². The molecular formula is C18H17F3N2O4. The van der Waals surface area contributed by atoms with Crippen LogP contribution in [0.3, 0.4) is 0 Å². The van der Waals surface area contributed by atoms with Crippen molar-refractivity contribution in [2.45, 2.75) is 26.1 Å². The van der Waals surface area contributed by atoms with Crippen molar-refractivity contribution in [3.05, 3.63) is 59.9 Å². The molecule has 2 aromatic rings. The number of benzene rings is 2. The van der Waals surface area contributed by atoms with Crippen molar-refractivity contribution < 1.29 is 32.2 Å². The number of carbonyl (C=O) groups excluding carboxylic acids is 2. The molecule has 2 amide bonds. The zero-order chi connectivity index (χ0) is 19.8. The summed E-state index contributed by atoms with van der Waals surface area (Å²) < 4.78 is 46.5. The van der Waals surface area contributed by atoms with Crippen molar-refractivity contribution in [2.75, 3.05) is 0 Å². The third kappa shape index (κ3) is 6.89. The molecule has 0 radical (unpaired) electrons. The van der Waals surface area contributed by atoms with E-state index in [1.807, 2.05) is 0 Å². The summed E-state index contributed by atoms with van der Waals surface area (Å²) >= 11 is 0. The summed E-state index contributed by atoms with van der Waals surface area (Å²) in [6.45, 7) is -1.46. The maximum Gasteiger partial charge on any atom is 0.387 e. The minimum Gasteiger partial charge on any atom is -0.481 e. The lowest BCUT2D eigenvalue weighted by Gasteiger charge is -2.15. The van der Waals surface area contributed by atoms with E-state index in [1.54, 1.807) is 0 Å². The molecule has 0 bridgehead atoms. The van der Waals surface area contributed by atoms with E-state index >= 15 is 0 Å². The highest BCUT2D eigenvalue weighted by molar-refractivity contribution is 5.85. The zero-order valence-corrected chi connectivity index (χ0v) is 14.2. The van der Waals surface area contributed by atoms with Crippen LogP contribution in [0.25, 0.3) is 0 Å². The first-order valence-electron chi connectivity index (χ1n) is 7.88. The Kier molecular flexibility index (Phi) is 7.04. The number of halogens is 3. The molecule has 2 N–H and O–H groups in total. The first-order chi connectivity index (χ1) is 12.8. The molecule has 0 aliphatic heterocycles. The van der Waals surface area contributed by atoms with Gasteiger partial charge in [-0.1, -0.05) is 12.1 Å². The first-order valence-corrected chi connectivity index (χ1v) is 7.88. The lowest BCUT2D eigenvalue weighted by atomic mass is 10.1. The highest BCUT2D eigenvalue weighted by Gasteiger charge is 2.15. The summed E-state index contributed by atoms with van der Waals surface area (Å²) in [5.41, 5.74) is 4.97. The summed E-state index contributed by atoms with van der Waals surface area (Å²) in [7, 11) is 0. The average Bonchev–Trinajstić information content (AvgIpc) is 2.62. The van der Waals surface area contributed by atoms with Gasteiger partial charge in [-0.05, 0) is 48.9 Å². The topological polar surface area (TPSA) is 76.7 Å². The first kappa shape index (κ1) is 20.1. The molecule has 1 unspecified atom stereocenters. The van der Waals surface area contributed by atoms with E-state index in [0.717, 1.165) is 0 Å². The summed E-state index contributed by atoms with van der Waals surface area (Å²) in [5, 5.41) is 0. The quantitative estimate of drug-likeness (QED) is 0.722. The molecule has 0 heterocycles. The highest BCUT2D eigenvalue weighted by Crippen LogP contribution is 2.15. The summed E-state index contributed by atoms with van der Waals surface area (Å²) in [6.07, 6.45) is -1.01. The van der Waals surface area contributed by atoms with Gasteiger partial charge in [-0.3, -0.25) is 20.4 Å². The van der Waals surface area contributed by atoms with Crippen LogP contribution in [-0.2, 0) is 16.0 Å². The van der Waals surface area contributed by atoms with Crippen LogP contribution in [0.5, 0.6) is 11.5 Å². The molecule has 6 nitrogen and oxygen atoms in total. The molecular weight excluding hydrogens is 365 g/mol. The van der Waals surface area contributed by atoms with E-state index in [0.29, 0.717) is 11.3 Å². The fourth-order valence-electron chi connectivity index (χ4n) is 2.02. The van der Waals surface area contributed by atoms with Gasteiger partial charge >= 0.3 is 6.61 Å². The van der Waals surface area contributed by atoms with Crippen LogP contribution in [-0.4, -0.2) is 24.5 Å². The molecule has 1 atom stereocenters. The van der Waals surface area contributed by atoms with Crippen molar-refractivity contribution in [1.29, 1.82) is 0 Å². The van der Waals surface area contributed by atoms with Crippen molar-refractivity contribution >= 4 is 11.8 Å². The molecule has 2 rings (SSSR count). The monoisotopic (exact) mass is 382 g/mol. The number of amides is 2. The van der Waals surface area contributed by atoms with Gasteiger partial charge in [0, 0.05) is 0 Å². The van der Waals surface area contributed by atoms with Gasteiger partial charge in [0.15, 0.2) is 6.10 Å². The molecule has 9 heteroatoms. The minimum atomic E-state index is -2.92. The molecule has 144 valence electrons. The Labute approximate surface area is 153 Å². The van der Waals surface area contributed by atoms with Gasteiger partial charge in [0.2, 0.25) is 5.91 Å². The van der Waals surface area contributed by atoms with Crippen LogP contribution in [0.4, 0.5) is 13.2 Å². The molecule has 0 aromatic heterocycles. The normalized spacial score (nSPS) is 11.6. The Morgan fingerprint density at radius 3 is 2.07 bits per heavy atom. The number of nitrogens with one attached hydrogen (secondary N) is 2. The molecule has 0 fully saturated rings. The van der Waals surface area contributed by atoms with Crippen LogP contribution in [0.1, 0.15) is 12.5 Å². The third-order valence-electron chi connectivity index (χ3n) is 3.33. The van der Waals surface area contributed by atoms with E-state index in [4.69, 9.17) is 4.74 Å². The standard InChI is InChI=1S/C18H17F3N2O4/c1-11(26-14-8-4-13(19)5-9-14)17(25)23-22-16(24)10-12-2-6-15(7-3-12)27-18(20)21/h2-9,11,18H,10H2,1H3,(H,22,24)(H,23,25). The highest BCUT2D eigenvalue weighted by atomic mass is 19.3. The van der Waals surface area contributed by atoms with Gasteiger partial charge in [-0.25, -0.2) is 4.39 Å².